The first-order valence-corrected chi connectivity index (χ1v) is 8.29. The molecule has 2 rings (SSSR count). The molecule has 5 nitrogen and oxygen atoms in total. The van der Waals surface area contributed by atoms with E-state index in [4.69, 9.17) is 0 Å². The van der Waals surface area contributed by atoms with E-state index in [1.165, 1.54) is 6.20 Å². The number of aromatic nitrogens is 2. The largest absolute Gasteiger partial charge is 0.272 e. The normalized spacial score (nSPS) is 13.4. The highest BCUT2D eigenvalue weighted by Crippen LogP contribution is 2.22. The Morgan fingerprint density at radius 1 is 1.24 bits per heavy atom. The predicted molar refractivity (Wildman–Crippen MR) is 82.6 cm³/mol. The van der Waals surface area contributed by atoms with Crippen molar-refractivity contribution in [2.45, 2.75) is 38.6 Å². The van der Waals surface area contributed by atoms with Gasteiger partial charge in [0.25, 0.3) is 0 Å². The van der Waals surface area contributed by atoms with E-state index < -0.39 is 10.0 Å². The summed E-state index contributed by atoms with van der Waals surface area (Å²) in [5, 5.41) is 3.99. The monoisotopic (exact) mass is 307 g/mol. The molecule has 0 saturated heterocycles. The minimum absolute atomic E-state index is 0.224. The molecule has 0 bridgehead atoms. The molecule has 2 aromatic rings. The Morgan fingerprint density at radius 2 is 1.90 bits per heavy atom. The van der Waals surface area contributed by atoms with E-state index >= 15 is 0 Å². The minimum atomic E-state index is -3.58. The molecule has 0 spiro atoms. The Bertz CT molecular complexity index is 763. The molecule has 0 amide bonds. The van der Waals surface area contributed by atoms with Crippen LogP contribution in [0, 0.1) is 20.8 Å². The van der Waals surface area contributed by atoms with Gasteiger partial charge in [-0.15, -0.1) is 0 Å². The number of hydrogen-bond acceptors (Lipinski definition) is 3. The van der Waals surface area contributed by atoms with Gasteiger partial charge in [0.05, 0.1) is 11.9 Å². The van der Waals surface area contributed by atoms with Gasteiger partial charge in [-0.3, -0.25) is 4.68 Å². The van der Waals surface area contributed by atoms with Gasteiger partial charge in [-0.25, -0.2) is 13.1 Å². The van der Waals surface area contributed by atoms with Crippen LogP contribution in [-0.4, -0.2) is 18.2 Å². The van der Waals surface area contributed by atoms with E-state index in [0.29, 0.717) is 5.69 Å². The molecule has 0 aliphatic carbocycles. The molecule has 1 heterocycles. The number of benzene rings is 1. The lowest BCUT2D eigenvalue weighted by molar-refractivity contribution is 0.565. The number of nitrogens with zero attached hydrogens (tertiary/aromatic N) is 2. The van der Waals surface area contributed by atoms with Gasteiger partial charge in [-0.2, -0.15) is 5.10 Å². The van der Waals surface area contributed by atoms with E-state index in [1.54, 1.807) is 18.7 Å². The van der Waals surface area contributed by atoms with Gasteiger partial charge in [0.15, 0.2) is 0 Å². The minimum Gasteiger partial charge on any atom is -0.272 e. The van der Waals surface area contributed by atoms with Crippen molar-refractivity contribution in [2.75, 3.05) is 0 Å². The van der Waals surface area contributed by atoms with Crippen LogP contribution in [0.15, 0.2) is 29.3 Å². The molecule has 21 heavy (non-hydrogen) atoms. The number of hydrogen-bond donors (Lipinski definition) is 1. The first-order valence-electron chi connectivity index (χ1n) is 6.80. The third-order valence-corrected chi connectivity index (χ3v) is 5.36. The fourth-order valence-electron chi connectivity index (χ4n) is 2.33. The summed E-state index contributed by atoms with van der Waals surface area (Å²) in [6.45, 7) is 7.57. The molecule has 0 aliphatic rings. The Morgan fingerprint density at radius 3 is 2.48 bits per heavy atom. The van der Waals surface area contributed by atoms with Gasteiger partial charge in [0.2, 0.25) is 10.0 Å². The van der Waals surface area contributed by atoms with Crippen molar-refractivity contribution in [3.63, 3.8) is 0 Å². The quantitative estimate of drug-likeness (QED) is 0.943. The van der Waals surface area contributed by atoms with Crippen LogP contribution >= 0.6 is 0 Å². The molecular formula is C15H21N3O2S. The van der Waals surface area contributed by atoms with Crippen molar-refractivity contribution in [3.05, 3.63) is 46.8 Å². The SMILES string of the molecule is Cc1ccc(C)c(C(C)NS(=O)(=O)c2cnn(C)c2C)c1. The molecule has 1 aromatic carbocycles. The molecule has 1 N–H and O–H groups in total. The van der Waals surface area contributed by atoms with Crippen LogP contribution < -0.4 is 4.72 Å². The van der Waals surface area contributed by atoms with E-state index in [2.05, 4.69) is 9.82 Å². The molecule has 1 atom stereocenters. The summed E-state index contributed by atoms with van der Waals surface area (Å²) < 4.78 is 29.2. The number of sulfonamides is 1. The molecule has 1 aromatic heterocycles. The molecule has 1 unspecified atom stereocenters. The predicted octanol–water partition coefficient (Wildman–Crippen LogP) is 2.38. The molecule has 0 saturated carbocycles. The fourth-order valence-corrected chi connectivity index (χ4v) is 3.75. The highest BCUT2D eigenvalue weighted by Gasteiger charge is 2.23. The Balaban J connectivity index is 2.32. The average Bonchev–Trinajstić information content (AvgIpc) is 2.73. The fraction of sp³-hybridized carbons (Fsp3) is 0.400. The van der Waals surface area contributed by atoms with E-state index in [-0.39, 0.29) is 10.9 Å². The highest BCUT2D eigenvalue weighted by molar-refractivity contribution is 7.89. The van der Waals surface area contributed by atoms with Crippen molar-refractivity contribution in [1.29, 1.82) is 0 Å². The number of rotatable bonds is 4. The Hall–Kier alpha value is -1.66. The first kappa shape index (κ1) is 15.7. The summed E-state index contributed by atoms with van der Waals surface area (Å²) in [6.07, 6.45) is 1.38. The lowest BCUT2D eigenvalue weighted by Gasteiger charge is -2.17. The maximum absolute atomic E-state index is 12.5. The second-order valence-corrected chi connectivity index (χ2v) is 7.10. The summed E-state index contributed by atoms with van der Waals surface area (Å²) in [5.74, 6) is 0. The number of aryl methyl sites for hydroxylation is 3. The zero-order valence-corrected chi connectivity index (χ0v) is 13.8. The van der Waals surface area contributed by atoms with Crippen LogP contribution in [0.4, 0.5) is 0 Å². The van der Waals surface area contributed by atoms with E-state index in [0.717, 1.165) is 16.7 Å². The Labute approximate surface area is 126 Å². The molecule has 0 radical (unpaired) electrons. The highest BCUT2D eigenvalue weighted by atomic mass is 32.2. The molecule has 6 heteroatoms. The van der Waals surface area contributed by atoms with Crippen LogP contribution in [0.2, 0.25) is 0 Å². The first-order chi connectivity index (χ1) is 9.72. The zero-order chi connectivity index (χ0) is 15.8. The maximum atomic E-state index is 12.5. The standard InChI is InChI=1S/C15H21N3O2S/c1-10-6-7-11(2)14(8-10)12(3)17-21(19,20)15-9-16-18(5)13(15)4/h6-9,12,17H,1-5H3. The lowest BCUT2D eigenvalue weighted by Crippen LogP contribution is -2.27. The summed E-state index contributed by atoms with van der Waals surface area (Å²) in [6, 6.07) is 5.74. The third-order valence-electron chi connectivity index (χ3n) is 3.71. The second kappa shape index (κ2) is 5.61. The van der Waals surface area contributed by atoms with E-state index in [9.17, 15) is 8.42 Å². The molecule has 0 fully saturated rings. The topological polar surface area (TPSA) is 64.0 Å². The summed E-state index contributed by atoms with van der Waals surface area (Å²) >= 11 is 0. The van der Waals surface area contributed by atoms with Crippen LogP contribution in [0.1, 0.15) is 35.3 Å². The second-order valence-electron chi connectivity index (χ2n) is 5.42. The van der Waals surface area contributed by atoms with Gasteiger partial charge in [0.1, 0.15) is 4.90 Å². The lowest BCUT2D eigenvalue weighted by atomic mass is 10.0. The van der Waals surface area contributed by atoms with Crippen LogP contribution in [0.25, 0.3) is 0 Å². The molecular weight excluding hydrogens is 286 g/mol. The van der Waals surface area contributed by atoms with Crippen molar-refractivity contribution in [1.82, 2.24) is 14.5 Å². The van der Waals surface area contributed by atoms with Gasteiger partial charge in [0, 0.05) is 13.1 Å². The zero-order valence-electron chi connectivity index (χ0n) is 13.0. The summed E-state index contributed by atoms with van der Waals surface area (Å²) in [5.41, 5.74) is 3.79. The van der Waals surface area contributed by atoms with Gasteiger partial charge >= 0.3 is 0 Å². The van der Waals surface area contributed by atoms with Gasteiger partial charge in [-0.05, 0) is 38.8 Å². The van der Waals surface area contributed by atoms with Gasteiger partial charge < -0.3 is 0 Å². The van der Waals surface area contributed by atoms with Crippen molar-refractivity contribution >= 4 is 10.0 Å². The van der Waals surface area contributed by atoms with Crippen LogP contribution in [0.5, 0.6) is 0 Å². The van der Waals surface area contributed by atoms with Gasteiger partial charge in [-0.1, -0.05) is 23.8 Å². The number of nitrogens with one attached hydrogen (secondary N) is 1. The van der Waals surface area contributed by atoms with Crippen molar-refractivity contribution < 1.29 is 8.42 Å². The molecule has 0 aliphatic heterocycles. The smallest absolute Gasteiger partial charge is 0.244 e. The molecule has 114 valence electrons. The van der Waals surface area contributed by atoms with Crippen molar-refractivity contribution in [3.8, 4) is 0 Å². The third kappa shape index (κ3) is 3.16. The average molecular weight is 307 g/mol. The van der Waals surface area contributed by atoms with Crippen molar-refractivity contribution in [2.24, 2.45) is 7.05 Å². The summed E-state index contributed by atoms with van der Waals surface area (Å²) in [4.78, 5) is 0.224. The van der Waals surface area contributed by atoms with Crippen LogP contribution in [0.3, 0.4) is 0 Å². The van der Waals surface area contributed by atoms with Crippen LogP contribution in [-0.2, 0) is 17.1 Å². The maximum Gasteiger partial charge on any atom is 0.244 e. The van der Waals surface area contributed by atoms with E-state index in [1.807, 2.05) is 39.0 Å². The Kier molecular flexibility index (Phi) is 4.20. The summed E-state index contributed by atoms with van der Waals surface area (Å²) in [7, 11) is -1.86.